The monoisotopic (exact) mass is 227 g/mol. The smallest absolute Gasteiger partial charge is 0.213 e. The van der Waals surface area contributed by atoms with Crippen molar-refractivity contribution in [2.45, 2.75) is 6.23 Å². The summed E-state index contributed by atoms with van der Waals surface area (Å²) < 4.78 is 29.7. The number of sulfonamides is 1. The van der Waals surface area contributed by atoms with Gasteiger partial charge < -0.3 is 4.74 Å². The minimum atomic E-state index is -3.19. The van der Waals surface area contributed by atoms with Gasteiger partial charge in [0.05, 0.1) is 12.9 Å². The van der Waals surface area contributed by atoms with E-state index in [0.717, 1.165) is 5.56 Å². The summed E-state index contributed by atoms with van der Waals surface area (Å²) in [5.74, 6) is 0. The Morgan fingerprint density at radius 1 is 1.33 bits per heavy atom. The molecule has 1 unspecified atom stereocenters. The van der Waals surface area contributed by atoms with Gasteiger partial charge >= 0.3 is 0 Å². The number of hydrogen-bond acceptors (Lipinski definition) is 3. The van der Waals surface area contributed by atoms with E-state index in [0.29, 0.717) is 13.2 Å². The van der Waals surface area contributed by atoms with Crippen LogP contribution in [0.5, 0.6) is 0 Å². The molecule has 0 radical (unpaired) electrons. The van der Waals surface area contributed by atoms with Crippen LogP contribution >= 0.6 is 0 Å². The Hall–Kier alpha value is -0.910. The van der Waals surface area contributed by atoms with Crippen LogP contribution in [-0.4, -0.2) is 32.1 Å². The quantitative estimate of drug-likeness (QED) is 0.756. The summed E-state index contributed by atoms with van der Waals surface area (Å²) in [5.41, 5.74) is 0.875. The Morgan fingerprint density at radius 3 is 2.60 bits per heavy atom. The molecule has 5 heteroatoms. The van der Waals surface area contributed by atoms with Gasteiger partial charge in [0.25, 0.3) is 0 Å². The normalized spacial score (nSPS) is 23.1. The molecule has 1 heterocycles. The van der Waals surface area contributed by atoms with E-state index in [-0.39, 0.29) is 0 Å². The third kappa shape index (κ3) is 2.19. The van der Waals surface area contributed by atoms with Crippen LogP contribution in [0.25, 0.3) is 0 Å². The van der Waals surface area contributed by atoms with E-state index in [4.69, 9.17) is 4.74 Å². The first-order valence-electron chi connectivity index (χ1n) is 4.72. The Balaban J connectivity index is 2.30. The molecular weight excluding hydrogens is 214 g/mol. The molecule has 15 heavy (non-hydrogen) atoms. The van der Waals surface area contributed by atoms with Crippen LogP contribution in [0.3, 0.4) is 0 Å². The third-order valence-corrected chi connectivity index (χ3v) is 3.59. The first kappa shape index (κ1) is 10.6. The van der Waals surface area contributed by atoms with Crippen LogP contribution < -0.4 is 0 Å². The molecule has 1 aliphatic rings. The zero-order valence-electron chi connectivity index (χ0n) is 8.46. The van der Waals surface area contributed by atoms with Crippen molar-refractivity contribution in [2.24, 2.45) is 0 Å². The summed E-state index contributed by atoms with van der Waals surface area (Å²) in [6.07, 6.45) is 0.749. The van der Waals surface area contributed by atoms with Crippen molar-refractivity contribution < 1.29 is 13.2 Å². The molecule has 0 N–H and O–H groups in total. The average Bonchev–Trinajstić information content (AvgIpc) is 2.67. The minimum absolute atomic E-state index is 0.429. The standard InChI is InChI=1S/C10H13NO3S/c1-15(12,13)11-7-8-14-10(11)9-5-3-2-4-6-9/h2-6,10H,7-8H2,1H3. The van der Waals surface area contributed by atoms with Gasteiger partial charge in [0, 0.05) is 6.54 Å². The fourth-order valence-corrected chi connectivity index (χ4v) is 2.61. The molecule has 0 bridgehead atoms. The number of nitrogens with zero attached hydrogens (tertiary/aromatic N) is 1. The Bertz CT molecular complexity index is 429. The largest absolute Gasteiger partial charge is 0.356 e. The van der Waals surface area contributed by atoms with E-state index in [2.05, 4.69) is 0 Å². The molecule has 2 rings (SSSR count). The summed E-state index contributed by atoms with van der Waals surface area (Å²) in [5, 5.41) is 0. The molecule has 4 nitrogen and oxygen atoms in total. The molecule has 0 spiro atoms. The average molecular weight is 227 g/mol. The second-order valence-electron chi connectivity index (χ2n) is 3.51. The molecule has 1 atom stereocenters. The predicted octanol–water partition coefficient (Wildman–Crippen LogP) is 0.977. The summed E-state index contributed by atoms with van der Waals surface area (Å²) in [6, 6.07) is 9.38. The fraction of sp³-hybridized carbons (Fsp3) is 0.400. The molecule has 1 fully saturated rings. The molecular formula is C10H13NO3S. The maximum Gasteiger partial charge on any atom is 0.213 e. The van der Waals surface area contributed by atoms with Crippen molar-refractivity contribution >= 4 is 10.0 Å². The molecule has 1 saturated heterocycles. The Morgan fingerprint density at radius 2 is 2.00 bits per heavy atom. The van der Waals surface area contributed by atoms with Crippen molar-refractivity contribution in [3.63, 3.8) is 0 Å². The van der Waals surface area contributed by atoms with Crippen LogP contribution in [0.1, 0.15) is 11.8 Å². The first-order valence-corrected chi connectivity index (χ1v) is 6.57. The molecule has 0 saturated carbocycles. The van der Waals surface area contributed by atoms with E-state index in [9.17, 15) is 8.42 Å². The Kier molecular flexibility index (Phi) is 2.77. The van der Waals surface area contributed by atoms with Crippen molar-refractivity contribution in [2.75, 3.05) is 19.4 Å². The number of benzene rings is 1. The second kappa shape index (κ2) is 3.92. The van der Waals surface area contributed by atoms with Gasteiger partial charge in [-0.3, -0.25) is 0 Å². The molecule has 0 amide bonds. The zero-order valence-corrected chi connectivity index (χ0v) is 9.28. The lowest BCUT2D eigenvalue weighted by Crippen LogP contribution is -2.29. The van der Waals surface area contributed by atoms with Crippen molar-refractivity contribution in [1.29, 1.82) is 0 Å². The lowest BCUT2D eigenvalue weighted by atomic mass is 10.2. The SMILES string of the molecule is CS(=O)(=O)N1CCOC1c1ccccc1. The van der Waals surface area contributed by atoms with Crippen molar-refractivity contribution in [3.05, 3.63) is 35.9 Å². The van der Waals surface area contributed by atoms with Crippen LogP contribution in [-0.2, 0) is 14.8 Å². The lowest BCUT2D eigenvalue weighted by molar-refractivity contribution is 0.0686. The van der Waals surface area contributed by atoms with E-state index >= 15 is 0 Å². The Labute approximate surface area is 89.5 Å². The lowest BCUT2D eigenvalue weighted by Gasteiger charge is -2.20. The number of rotatable bonds is 2. The highest BCUT2D eigenvalue weighted by atomic mass is 32.2. The highest BCUT2D eigenvalue weighted by Gasteiger charge is 2.33. The molecule has 1 aromatic rings. The van der Waals surface area contributed by atoms with Crippen molar-refractivity contribution in [1.82, 2.24) is 4.31 Å². The van der Waals surface area contributed by atoms with Crippen LogP contribution in [0.15, 0.2) is 30.3 Å². The first-order chi connectivity index (χ1) is 7.09. The molecule has 1 aromatic carbocycles. The molecule has 0 aliphatic carbocycles. The molecule has 1 aliphatic heterocycles. The van der Waals surface area contributed by atoms with E-state index in [1.807, 2.05) is 30.3 Å². The van der Waals surface area contributed by atoms with Gasteiger partial charge in [-0.2, -0.15) is 4.31 Å². The van der Waals surface area contributed by atoms with Gasteiger partial charge in [-0.05, 0) is 5.56 Å². The van der Waals surface area contributed by atoms with Gasteiger partial charge in [0.2, 0.25) is 10.0 Å². The number of hydrogen-bond donors (Lipinski definition) is 0. The van der Waals surface area contributed by atoms with Crippen LogP contribution in [0, 0.1) is 0 Å². The summed E-state index contributed by atoms with van der Waals surface area (Å²) in [7, 11) is -3.19. The number of ether oxygens (including phenoxy) is 1. The highest BCUT2D eigenvalue weighted by Crippen LogP contribution is 2.28. The minimum Gasteiger partial charge on any atom is -0.356 e. The zero-order chi connectivity index (χ0) is 10.9. The van der Waals surface area contributed by atoms with E-state index in [1.165, 1.54) is 10.6 Å². The summed E-state index contributed by atoms with van der Waals surface area (Å²) >= 11 is 0. The van der Waals surface area contributed by atoms with E-state index < -0.39 is 16.3 Å². The van der Waals surface area contributed by atoms with Gasteiger partial charge in [-0.25, -0.2) is 8.42 Å². The van der Waals surface area contributed by atoms with E-state index in [1.54, 1.807) is 0 Å². The van der Waals surface area contributed by atoms with Gasteiger partial charge in [-0.1, -0.05) is 30.3 Å². The predicted molar refractivity (Wildman–Crippen MR) is 56.7 cm³/mol. The maximum atomic E-state index is 11.5. The maximum absolute atomic E-state index is 11.5. The second-order valence-corrected chi connectivity index (χ2v) is 5.44. The van der Waals surface area contributed by atoms with Gasteiger partial charge in [0.15, 0.2) is 0 Å². The van der Waals surface area contributed by atoms with Gasteiger partial charge in [0.1, 0.15) is 6.23 Å². The molecule has 82 valence electrons. The van der Waals surface area contributed by atoms with Crippen LogP contribution in [0.4, 0.5) is 0 Å². The van der Waals surface area contributed by atoms with Gasteiger partial charge in [-0.15, -0.1) is 0 Å². The topological polar surface area (TPSA) is 46.6 Å². The summed E-state index contributed by atoms with van der Waals surface area (Å²) in [6.45, 7) is 0.880. The van der Waals surface area contributed by atoms with Crippen LogP contribution in [0.2, 0.25) is 0 Å². The third-order valence-electron chi connectivity index (χ3n) is 2.36. The fourth-order valence-electron chi connectivity index (χ4n) is 1.67. The van der Waals surface area contributed by atoms with Crippen molar-refractivity contribution in [3.8, 4) is 0 Å². The summed E-state index contributed by atoms with van der Waals surface area (Å²) in [4.78, 5) is 0. The highest BCUT2D eigenvalue weighted by molar-refractivity contribution is 7.88. The molecule has 0 aromatic heterocycles.